The molecule has 0 bridgehead atoms. The number of methoxy groups -OCH3 is 1. The Hall–Kier alpha value is -2.83. The van der Waals surface area contributed by atoms with Crippen LogP contribution in [0.25, 0.3) is 22.2 Å². The summed E-state index contributed by atoms with van der Waals surface area (Å²) in [6, 6.07) is 9.08. The van der Waals surface area contributed by atoms with Gasteiger partial charge < -0.3 is 9.15 Å². The van der Waals surface area contributed by atoms with Crippen molar-refractivity contribution in [3.05, 3.63) is 58.4 Å². The number of hydrogen-bond acceptors (Lipinski definition) is 4. The van der Waals surface area contributed by atoms with E-state index in [2.05, 4.69) is 4.98 Å². The lowest BCUT2D eigenvalue weighted by Crippen LogP contribution is -2.06. The van der Waals surface area contributed by atoms with Crippen molar-refractivity contribution >= 4 is 11.1 Å². The zero-order chi connectivity index (χ0) is 16.6. The maximum Gasteiger partial charge on any atom is 0.416 e. The molecule has 3 rings (SSSR count). The van der Waals surface area contributed by atoms with E-state index >= 15 is 0 Å². The first-order valence-corrected chi connectivity index (χ1v) is 6.55. The molecule has 0 aliphatic carbocycles. The minimum atomic E-state index is -4.42. The maximum absolute atomic E-state index is 12.6. The van der Waals surface area contributed by atoms with Gasteiger partial charge in [0.2, 0.25) is 11.6 Å². The third-order valence-electron chi connectivity index (χ3n) is 3.31. The summed E-state index contributed by atoms with van der Waals surface area (Å²) in [5.41, 5.74) is -0.858. The Kier molecular flexibility index (Phi) is 3.55. The average Bonchev–Trinajstić information content (AvgIpc) is 2.53. The monoisotopic (exact) mass is 321 g/mol. The molecule has 2 heterocycles. The van der Waals surface area contributed by atoms with Gasteiger partial charge in [0.1, 0.15) is 0 Å². The zero-order valence-electron chi connectivity index (χ0n) is 11.8. The molecule has 0 N–H and O–H groups in total. The van der Waals surface area contributed by atoms with Gasteiger partial charge in [-0.05, 0) is 29.8 Å². The van der Waals surface area contributed by atoms with Crippen molar-refractivity contribution in [3.63, 3.8) is 0 Å². The van der Waals surface area contributed by atoms with Crippen LogP contribution in [0, 0.1) is 0 Å². The standard InChI is InChI=1S/C16H10F3NO3/c1-22-13-7-4-10-8-12(15(21)23-14(10)20-13)9-2-5-11(6-3-9)16(17,18)19/h2-8H,1H3. The zero-order valence-corrected chi connectivity index (χ0v) is 11.8. The Morgan fingerprint density at radius 1 is 1.09 bits per heavy atom. The van der Waals surface area contributed by atoms with Crippen LogP contribution in [0.1, 0.15) is 5.56 Å². The van der Waals surface area contributed by atoms with E-state index in [1.807, 2.05) is 0 Å². The number of aromatic nitrogens is 1. The minimum absolute atomic E-state index is 0.102. The van der Waals surface area contributed by atoms with Gasteiger partial charge in [0, 0.05) is 11.5 Å². The van der Waals surface area contributed by atoms with Crippen LogP contribution in [0.15, 0.2) is 51.7 Å². The lowest BCUT2D eigenvalue weighted by Gasteiger charge is -2.07. The molecule has 3 aromatic rings. The fraction of sp³-hybridized carbons (Fsp3) is 0.125. The molecule has 118 valence electrons. The van der Waals surface area contributed by atoms with Crippen molar-refractivity contribution in [3.8, 4) is 17.0 Å². The summed E-state index contributed by atoms with van der Waals surface area (Å²) >= 11 is 0. The number of hydrogen-bond donors (Lipinski definition) is 0. The van der Waals surface area contributed by atoms with Gasteiger partial charge in [-0.25, -0.2) is 4.79 Å². The number of benzene rings is 1. The normalized spacial score (nSPS) is 11.7. The molecule has 0 unspecified atom stereocenters. The molecule has 1 aromatic carbocycles. The largest absolute Gasteiger partial charge is 0.481 e. The van der Waals surface area contributed by atoms with E-state index < -0.39 is 17.4 Å². The molecule has 0 atom stereocenters. The third-order valence-corrected chi connectivity index (χ3v) is 3.31. The summed E-state index contributed by atoms with van der Waals surface area (Å²) in [7, 11) is 1.43. The SMILES string of the molecule is COc1ccc2cc(-c3ccc(C(F)(F)F)cc3)c(=O)oc2n1. The van der Waals surface area contributed by atoms with E-state index in [1.54, 1.807) is 12.1 Å². The topological polar surface area (TPSA) is 52.3 Å². The van der Waals surface area contributed by atoms with Crippen molar-refractivity contribution in [1.82, 2.24) is 4.98 Å². The molecule has 0 aliphatic rings. The summed E-state index contributed by atoms with van der Waals surface area (Å²) in [6.07, 6.45) is -4.42. The highest BCUT2D eigenvalue weighted by Crippen LogP contribution is 2.31. The quantitative estimate of drug-likeness (QED) is 0.719. The van der Waals surface area contributed by atoms with Crippen LogP contribution in [0.2, 0.25) is 0 Å². The lowest BCUT2D eigenvalue weighted by atomic mass is 10.0. The predicted octanol–water partition coefficient (Wildman–Crippen LogP) is 3.88. The first kappa shape index (κ1) is 15.1. The maximum atomic E-state index is 12.6. The van der Waals surface area contributed by atoms with Crippen LogP contribution < -0.4 is 10.4 Å². The highest BCUT2D eigenvalue weighted by Gasteiger charge is 2.30. The molecule has 0 aliphatic heterocycles. The van der Waals surface area contributed by atoms with Crippen LogP contribution in [-0.4, -0.2) is 12.1 Å². The van der Waals surface area contributed by atoms with Gasteiger partial charge in [-0.2, -0.15) is 18.2 Å². The second kappa shape index (κ2) is 5.42. The number of pyridine rings is 1. The summed E-state index contributed by atoms with van der Waals surface area (Å²) in [6.45, 7) is 0. The van der Waals surface area contributed by atoms with E-state index in [1.165, 1.54) is 25.3 Å². The fourth-order valence-corrected chi connectivity index (χ4v) is 2.14. The van der Waals surface area contributed by atoms with Gasteiger partial charge in [0.15, 0.2) is 0 Å². The number of rotatable bonds is 2. The van der Waals surface area contributed by atoms with Gasteiger partial charge in [-0.15, -0.1) is 0 Å². The molecule has 0 fully saturated rings. The summed E-state index contributed by atoms with van der Waals surface area (Å²) in [4.78, 5) is 16.0. The molecular weight excluding hydrogens is 311 g/mol. The van der Waals surface area contributed by atoms with Crippen LogP contribution >= 0.6 is 0 Å². The molecule has 0 saturated carbocycles. The van der Waals surface area contributed by atoms with Gasteiger partial charge >= 0.3 is 11.8 Å². The Bertz CT molecular complexity index is 914. The molecular formula is C16H10F3NO3. The van der Waals surface area contributed by atoms with E-state index in [0.29, 0.717) is 16.8 Å². The molecule has 0 amide bonds. The average molecular weight is 321 g/mol. The molecule has 2 aromatic heterocycles. The Morgan fingerprint density at radius 2 is 1.78 bits per heavy atom. The van der Waals surface area contributed by atoms with Gasteiger partial charge in [-0.1, -0.05) is 12.1 Å². The fourth-order valence-electron chi connectivity index (χ4n) is 2.14. The van der Waals surface area contributed by atoms with Crippen LogP contribution in [0.3, 0.4) is 0 Å². The van der Waals surface area contributed by atoms with Crippen molar-refractivity contribution in [2.75, 3.05) is 7.11 Å². The van der Waals surface area contributed by atoms with Crippen molar-refractivity contribution in [1.29, 1.82) is 0 Å². The van der Waals surface area contributed by atoms with Crippen molar-refractivity contribution in [2.45, 2.75) is 6.18 Å². The lowest BCUT2D eigenvalue weighted by molar-refractivity contribution is -0.137. The summed E-state index contributed by atoms with van der Waals surface area (Å²) in [5.74, 6) is 0.294. The first-order chi connectivity index (χ1) is 10.9. The number of halogens is 3. The number of fused-ring (bicyclic) bond motifs is 1. The Balaban J connectivity index is 2.09. The van der Waals surface area contributed by atoms with Crippen LogP contribution in [0.5, 0.6) is 5.88 Å². The number of ether oxygens (including phenoxy) is 1. The van der Waals surface area contributed by atoms with E-state index in [9.17, 15) is 18.0 Å². The van der Waals surface area contributed by atoms with Crippen LogP contribution in [-0.2, 0) is 6.18 Å². The Labute approximate surface area is 128 Å². The molecule has 7 heteroatoms. The molecule has 23 heavy (non-hydrogen) atoms. The van der Waals surface area contributed by atoms with E-state index in [0.717, 1.165) is 12.1 Å². The molecule has 0 spiro atoms. The summed E-state index contributed by atoms with van der Waals surface area (Å²) in [5, 5.41) is 0.542. The summed E-state index contributed by atoms with van der Waals surface area (Å²) < 4.78 is 47.8. The Morgan fingerprint density at radius 3 is 2.39 bits per heavy atom. The highest BCUT2D eigenvalue weighted by molar-refractivity contribution is 5.79. The van der Waals surface area contributed by atoms with Crippen molar-refractivity contribution in [2.24, 2.45) is 0 Å². The van der Waals surface area contributed by atoms with Crippen LogP contribution in [0.4, 0.5) is 13.2 Å². The second-order valence-corrected chi connectivity index (χ2v) is 4.77. The van der Waals surface area contributed by atoms with Crippen molar-refractivity contribution < 1.29 is 22.3 Å². The number of alkyl halides is 3. The molecule has 0 radical (unpaired) electrons. The van der Waals surface area contributed by atoms with Gasteiger partial charge in [0.25, 0.3) is 0 Å². The number of nitrogens with zero attached hydrogens (tertiary/aromatic N) is 1. The van der Waals surface area contributed by atoms with Gasteiger partial charge in [-0.3, -0.25) is 0 Å². The smallest absolute Gasteiger partial charge is 0.416 e. The highest BCUT2D eigenvalue weighted by atomic mass is 19.4. The van der Waals surface area contributed by atoms with E-state index in [4.69, 9.17) is 9.15 Å². The second-order valence-electron chi connectivity index (χ2n) is 4.77. The van der Waals surface area contributed by atoms with E-state index in [-0.39, 0.29) is 11.3 Å². The molecule has 4 nitrogen and oxygen atoms in total. The van der Waals surface area contributed by atoms with Gasteiger partial charge in [0.05, 0.1) is 18.2 Å². The predicted molar refractivity (Wildman–Crippen MR) is 77.3 cm³/mol. The molecule has 0 saturated heterocycles. The minimum Gasteiger partial charge on any atom is -0.481 e. The first-order valence-electron chi connectivity index (χ1n) is 6.55. The third kappa shape index (κ3) is 2.90.